The van der Waals surface area contributed by atoms with Crippen LogP contribution in [0.25, 0.3) is 0 Å². The van der Waals surface area contributed by atoms with Gasteiger partial charge in [0.25, 0.3) is 5.91 Å². The van der Waals surface area contributed by atoms with Crippen LogP contribution in [0.15, 0.2) is 16.6 Å². The second-order valence-electron chi connectivity index (χ2n) is 4.68. The SMILES string of the molecule is COc1cc(Br)c(OC)c(C(=O)N2CCCC2C(=O)O)c1. The third-order valence-corrected chi connectivity index (χ3v) is 4.08. The summed E-state index contributed by atoms with van der Waals surface area (Å²) in [7, 11) is 2.96. The molecule has 0 saturated carbocycles. The van der Waals surface area contributed by atoms with E-state index in [9.17, 15) is 14.7 Å². The molecule has 0 bridgehead atoms. The van der Waals surface area contributed by atoms with Crippen LogP contribution in [0.1, 0.15) is 23.2 Å². The zero-order chi connectivity index (χ0) is 15.6. The minimum atomic E-state index is -0.984. The van der Waals surface area contributed by atoms with Crippen molar-refractivity contribution in [3.05, 3.63) is 22.2 Å². The molecular formula is C14H16BrNO5. The number of rotatable bonds is 4. The monoisotopic (exact) mass is 357 g/mol. The molecule has 1 atom stereocenters. The van der Waals surface area contributed by atoms with Gasteiger partial charge in [0.2, 0.25) is 0 Å². The Morgan fingerprint density at radius 1 is 1.33 bits per heavy atom. The van der Waals surface area contributed by atoms with Crippen molar-refractivity contribution >= 4 is 27.8 Å². The van der Waals surface area contributed by atoms with Crippen molar-refractivity contribution in [3.8, 4) is 11.5 Å². The molecule has 0 aromatic heterocycles. The van der Waals surface area contributed by atoms with Gasteiger partial charge in [-0.15, -0.1) is 0 Å². The fraction of sp³-hybridized carbons (Fsp3) is 0.429. The van der Waals surface area contributed by atoms with Crippen molar-refractivity contribution in [2.75, 3.05) is 20.8 Å². The summed E-state index contributed by atoms with van der Waals surface area (Å²) in [6.07, 6.45) is 1.14. The summed E-state index contributed by atoms with van der Waals surface area (Å²) in [5.41, 5.74) is 0.289. The van der Waals surface area contributed by atoms with Crippen LogP contribution in [0.5, 0.6) is 11.5 Å². The molecule has 1 heterocycles. The Bertz CT molecular complexity index is 575. The first-order chi connectivity index (χ1) is 9.99. The number of benzene rings is 1. The zero-order valence-electron chi connectivity index (χ0n) is 11.8. The number of amides is 1. The van der Waals surface area contributed by atoms with Crippen LogP contribution in [0.2, 0.25) is 0 Å². The molecule has 1 aromatic carbocycles. The van der Waals surface area contributed by atoms with E-state index in [-0.39, 0.29) is 11.5 Å². The van der Waals surface area contributed by atoms with E-state index in [0.29, 0.717) is 35.4 Å². The number of aliphatic carboxylic acids is 1. The second kappa shape index (κ2) is 6.34. The highest BCUT2D eigenvalue weighted by Crippen LogP contribution is 2.35. The third-order valence-electron chi connectivity index (χ3n) is 3.49. The average molecular weight is 358 g/mol. The molecule has 1 unspecified atom stereocenters. The van der Waals surface area contributed by atoms with Crippen molar-refractivity contribution in [3.63, 3.8) is 0 Å². The van der Waals surface area contributed by atoms with Crippen molar-refractivity contribution in [2.24, 2.45) is 0 Å². The van der Waals surface area contributed by atoms with Crippen LogP contribution in [0.4, 0.5) is 0 Å². The molecule has 1 aliphatic heterocycles. The number of carboxylic acid groups (broad SMARTS) is 1. The van der Waals surface area contributed by atoms with E-state index in [0.717, 1.165) is 0 Å². The minimum Gasteiger partial charge on any atom is -0.497 e. The first-order valence-corrected chi connectivity index (χ1v) is 7.24. The number of ether oxygens (including phenoxy) is 2. The number of carbonyl (C=O) groups excluding carboxylic acids is 1. The summed E-state index contributed by atoms with van der Waals surface area (Å²) in [5.74, 6) is -0.480. The Labute approximate surface area is 130 Å². The smallest absolute Gasteiger partial charge is 0.326 e. The van der Waals surface area contributed by atoms with Crippen molar-refractivity contribution in [2.45, 2.75) is 18.9 Å². The number of nitrogens with zero attached hydrogens (tertiary/aromatic N) is 1. The Balaban J connectivity index is 2.42. The van der Waals surface area contributed by atoms with Crippen molar-refractivity contribution < 1.29 is 24.2 Å². The van der Waals surface area contributed by atoms with E-state index in [2.05, 4.69) is 15.9 Å². The molecule has 21 heavy (non-hydrogen) atoms. The number of halogens is 1. The number of hydrogen-bond donors (Lipinski definition) is 1. The van der Waals surface area contributed by atoms with Gasteiger partial charge >= 0.3 is 5.97 Å². The van der Waals surface area contributed by atoms with Crippen molar-refractivity contribution in [1.29, 1.82) is 0 Å². The van der Waals surface area contributed by atoms with Gasteiger partial charge in [0.15, 0.2) is 0 Å². The van der Waals surface area contributed by atoms with Crippen LogP contribution in [-0.2, 0) is 4.79 Å². The summed E-state index contributed by atoms with van der Waals surface area (Å²) in [5, 5.41) is 9.20. The predicted octanol–water partition coefficient (Wildman–Crippen LogP) is 2.16. The van der Waals surface area contributed by atoms with E-state index in [1.165, 1.54) is 19.1 Å². The maximum atomic E-state index is 12.7. The number of hydrogen-bond acceptors (Lipinski definition) is 4. The molecule has 114 valence electrons. The molecule has 1 aliphatic rings. The topological polar surface area (TPSA) is 76.1 Å². The summed E-state index contributed by atoms with van der Waals surface area (Å²) >= 11 is 3.33. The van der Waals surface area contributed by atoms with E-state index in [1.54, 1.807) is 12.1 Å². The molecule has 7 heteroatoms. The Hall–Kier alpha value is -1.76. The summed E-state index contributed by atoms with van der Waals surface area (Å²) in [4.78, 5) is 25.3. The molecule has 2 rings (SSSR count). The van der Waals surface area contributed by atoms with Gasteiger partial charge in [-0.05, 0) is 40.9 Å². The second-order valence-corrected chi connectivity index (χ2v) is 5.54. The number of likely N-dealkylation sites (tertiary alicyclic amines) is 1. The van der Waals surface area contributed by atoms with Gasteiger partial charge in [0, 0.05) is 6.54 Å². The van der Waals surface area contributed by atoms with Gasteiger partial charge in [-0.1, -0.05) is 0 Å². The standard InChI is InChI=1S/C14H16BrNO5/c1-20-8-6-9(12(21-2)10(15)7-8)13(17)16-5-3-4-11(16)14(18)19/h6-7,11H,3-5H2,1-2H3,(H,18,19). The minimum absolute atomic E-state index is 0.289. The predicted molar refractivity (Wildman–Crippen MR) is 78.9 cm³/mol. The van der Waals surface area contributed by atoms with Gasteiger partial charge in [0.05, 0.1) is 24.3 Å². The molecule has 0 spiro atoms. The van der Waals surface area contributed by atoms with Gasteiger partial charge in [-0.2, -0.15) is 0 Å². The van der Waals surface area contributed by atoms with Gasteiger partial charge < -0.3 is 19.5 Å². The summed E-state index contributed by atoms with van der Waals surface area (Å²) in [6, 6.07) is 2.46. The zero-order valence-corrected chi connectivity index (χ0v) is 13.3. The molecular weight excluding hydrogens is 342 g/mol. The largest absolute Gasteiger partial charge is 0.497 e. The maximum Gasteiger partial charge on any atom is 0.326 e. The fourth-order valence-electron chi connectivity index (χ4n) is 2.47. The lowest BCUT2D eigenvalue weighted by Gasteiger charge is -2.23. The quantitative estimate of drug-likeness (QED) is 0.893. The Morgan fingerprint density at radius 3 is 2.62 bits per heavy atom. The lowest BCUT2D eigenvalue weighted by molar-refractivity contribution is -0.141. The highest BCUT2D eigenvalue weighted by molar-refractivity contribution is 9.10. The fourth-order valence-corrected chi connectivity index (χ4v) is 3.08. The molecule has 1 aromatic rings. The maximum absolute atomic E-state index is 12.7. The van der Waals surface area contributed by atoms with Gasteiger partial charge in [0.1, 0.15) is 17.5 Å². The summed E-state index contributed by atoms with van der Waals surface area (Å²) in [6.45, 7) is 0.424. The lowest BCUT2D eigenvalue weighted by atomic mass is 10.1. The number of carbonyl (C=O) groups is 2. The van der Waals surface area contributed by atoms with Crippen LogP contribution < -0.4 is 9.47 Å². The van der Waals surface area contributed by atoms with Gasteiger partial charge in [-0.3, -0.25) is 4.79 Å². The molecule has 6 nitrogen and oxygen atoms in total. The summed E-state index contributed by atoms with van der Waals surface area (Å²) < 4.78 is 11.0. The molecule has 1 fully saturated rings. The molecule has 0 aliphatic carbocycles. The Morgan fingerprint density at radius 2 is 2.05 bits per heavy atom. The molecule has 1 N–H and O–H groups in total. The average Bonchev–Trinajstić information content (AvgIpc) is 2.95. The van der Waals surface area contributed by atoms with Crippen LogP contribution >= 0.6 is 15.9 Å². The van der Waals surface area contributed by atoms with E-state index >= 15 is 0 Å². The Kier molecular flexibility index (Phi) is 4.72. The first-order valence-electron chi connectivity index (χ1n) is 6.45. The van der Waals surface area contributed by atoms with E-state index in [4.69, 9.17) is 9.47 Å². The first kappa shape index (κ1) is 15.6. The lowest BCUT2D eigenvalue weighted by Crippen LogP contribution is -2.40. The number of methoxy groups -OCH3 is 2. The van der Waals surface area contributed by atoms with Crippen LogP contribution in [0, 0.1) is 0 Å². The van der Waals surface area contributed by atoms with Crippen LogP contribution in [-0.4, -0.2) is 48.7 Å². The third kappa shape index (κ3) is 2.97. The highest BCUT2D eigenvalue weighted by Gasteiger charge is 2.35. The van der Waals surface area contributed by atoms with E-state index in [1.807, 2.05) is 0 Å². The number of carboxylic acids is 1. The van der Waals surface area contributed by atoms with E-state index < -0.39 is 12.0 Å². The molecule has 1 amide bonds. The van der Waals surface area contributed by atoms with Gasteiger partial charge in [-0.25, -0.2) is 4.79 Å². The van der Waals surface area contributed by atoms with Crippen molar-refractivity contribution in [1.82, 2.24) is 4.90 Å². The highest BCUT2D eigenvalue weighted by atomic mass is 79.9. The van der Waals surface area contributed by atoms with Crippen LogP contribution in [0.3, 0.4) is 0 Å². The molecule has 1 saturated heterocycles. The molecule has 0 radical (unpaired) electrons. The normalized spacial score (nSPS) is 17.7.